The lowest BCUT2D eigenvalue weighted by molar-refractivity contribution is -0.161. The third-order valence-electron chi connectivity index (χ3n) is 2.45. The number of carbonyl (C=O) groups is 2. The minimum atomic E-state index is -2.01. The summed E-state index contributed by atoms with van der Waals surface area (Å²) in [6, 6.07) is 0. The molecule has 0 N–H and O–H groups in total. The van der Waals surface area contributed by atoms with Crippen LogP contribution >= 0.6 is 0 Å². The smallest absolute Gasteiger partial charge is 0.309 e. The van der Waals surface area contributed by atoms with Crippen molar-refractivity contribution in [3.05, 3.63) is 0 Å². The van der Waals surface area contributed by atoms with E-state index in [4.69, 9.17) is 8.85 Å². The predicted octanol–water partition coefficient (Wildman–Crippen LogP) is 3.55. The van der Waals surface area contributed by atoms with E-state index in [9.17, 15) is 9.59 Å². The second-order valence-electron chi connectivity index (χ2n) is 7.09. The molecule has 0 saturated carbocycles. The van der Waals surface area contributed by atoms with E-state index in [-0.39, 0.29) is 0 Å². The third-order valence-corrected chi connectivity index (χ3v) is 4.04. The lowest BCUT2D eigenvalue weighted by atomic mass is 9.86. The van der Waals surface area contributed by atoms with E-state index in [0.29, 0.717) is 6.42 Å². The summed E-state index contributed by atoms with van der Waals surface area (Å²) in [5.74, 6) is -0.867. The van der Waals surface area contributed by atoms with Crippen LogP contribution in [-0.4, -0.2) is 28.6 Å². The first-order valence-electron chi connectivity index (χ1n) is 6.79. The molecule has 19 heavy (non-hydrogen) atoms. The number of hydrogen-bond donors (Lipinski definition) is 0. The Kier molecular flexibility index (Phi) is 6.01. The zero-order valence-corrected chi connectivity index (χ0v) is 15.5. The Hall–Kier alpha value is -0.626. The molecule has 0 aromatic heterocycles. The van der Waals surface area contributed by atoms with Crippen LogP contribution in [0.3, 0.4) is 0 Å². The topological polar surface area (TPSA) is 52.6 Å². The zero-order valence-electron chi connectivity index (χ0n) is 13.5. The molecule has 0 heterocycles. The summed E-state index contributed by atoms with van der Waals surface area (Å²) in [5, 5.41) is 0. The molecule has 0 rings (SSSR count). The molecule has 0 aromatic carbocycles. The van der Waals surface area contributed by atoms with E-state index in [1.54, 1.807) is 6.92 Å². The van der Waals surface area contributed by atoms with Gasteiger partial charge in [0.2, 0.25) is 16.6 Å². The monoisotopic (exact) mass is 304 g/mol. The highest BCUT2D eigenvalue weighted by atomic mass is 28.4. The fourth-order valence-electron chi connectivity index (χ4n) is 1.57. The summed E-state index contributed by atoms with van der Waals surface area (Å²) in [5.41, 5.74) is -1.17. The summed E-state index contributed by atoms with van der Waals surface area (Å²) < 4.78 is 11.0. The maximum Gasteiger partial charge on any atom is 0.309 e. The van der Waals surface area contributed by atoms with Crippen LogP contribution in [0.5, 0.6) is 0 Å². The summed E-state index contributed by atoms with van der Waals surface area (Å²) >= 11 is 0. The van der Waals surface area contributed by atoms with Gasteiger partial charge in [-0.15, -0.1) is 0 Å². The van der Waals surface area contributed by atoms with Crippen LogP contribution in [0.25, 0.3) is 0 Å². The van der Waals surface area contributed by atoms with Gasteiger partial charge in [-0.3, -0.25) is 9.59 Å². The maximum absolute atomic E-state index is 12.3. The molecule has 4 nitrogen and oxygen atoms in total. The molecule has 112 valence electrons. The van der Waals surface area contributed by atoms with Gasteiger partial charge in [-0.2, -0.15) is 0 Å². The molecule has 0 aliphatic rings. The fraction of sp³-hybridized carbons (Fsp3) is 0.846. The molecule has 0 aliphatic heterocycles. The van der Waals surface area contributed by atoms with Crippen molar-refractivity contribution in [2.45, 2.75) is 66.0 Å². The molecule has 0 radical (unpaired) electrons. The van der Waals surface area contributed by atoms with Crippen molar-refractivity contribution in [2.75, 3.05) is 0 Å². The minimum Gasteiger partial charge on any atom is -0.519 e. The Balaban J connectivity index is 5.14. The molecule has 0 amide bonds. The maximum atomic E-state index is 12.3. The van der Waals surface area contributed by atoms with Gasteiger partial charge >= 0.3 is 11.9 Å². The Bertz CT molecular complexity index is 312. The van der Waals surface area contributed by atoms with Gasteiger partial charge in [-0.25, -0.2) is 0 Å². The van der Waals surface area contributed by atoms with Crippen LogP contribution in [-0.2, 0) is 18.4 Å². The summed E-state index contributed by atoms with van der Waals surface area (Å²) in [6.07, 6.45) is 1.19. The van der Waals surface area contributed by atoms with Gasteiger partial charge in [0.25, 0.3) is 0 Å². The zero-order chi connectivity index (χ0) is 15.5. The largest absolute Gasteiger partial charge is 0.519 e. The fourth-order valence-corrected chi connectivity index (χ4v) is 3.13. The van der Waals surface area contributed by atoms with Crippen molar-refractivity contribution in [1.29, 1.82) is 0 Å². The van der Waals surface area contributed by atoms with E-state index in [1.807, 2.05) is 46.2 Å². The highest BCUT2D eigenvalue weighted by Crippen LogP contribution is 2.30. The number of rotatable bonds is 6. The van der Waals surface area contributed by atoms with E-state index < -0.39 is 34.0 Å². The molecule has 0 bridgehead atoms. The summed E-state index contributed by atoms with van der Waals surface area (Å²) in [6.45, 7) is 15.2. The first-order valence-corrected chi connectivity index (χ1v) is 13.6. The normalized spacial score (nSPS) is 13.1. The van der Waals surface area contributed by atoms with Gasteiger partial charge < -0.3 is 8.85 Å². The highest BCUT2D eigenvalue weighted by Gasteiger charge is 2.46. The third kappa shape index (κ3) is 6.38. The molecule has 0 aliphatic carbocycles. The van der Waals surface area contributed by atoms with Crippen molar-refractivity contribution >= 4 is 28.6 Å². The lowest BCUT2D eigenvalue weighted by Crippen LogP contribution is -2.46. The first kappa shape index (κ1) is 18.4. The molecule has 0 fully saturated rings. The molecule has 6 heteroatoms. The molecule has 0 atom stereocenters. The van der Waals surface area contributed by atoms with E-state index >= 15 is 0 Å². The van der Waals surface area contributed by atoms with Gasteiger partial charge in [0, 0.05) is 0 Å². The van der Waals surface area contributed by atoms with E-state index in [2.05, 4.69) is 0 Å². The second-order valence-corrected chi connectivity index (χ2v) is 15.9. The predicted molar refractivity (Wildman–Crippen MR) is 81.9 cm³/mol. The molecule has 0 aromatic rings. The van der Waals surface area contributed by atoms with E-state index in [1.165, 1.54) is 0 Å². The Labute approximate surface area is 119 Å². The SMILES string of the molecule is CCCC(C)(C(=O)O[Si](C)(C)C)C(=O)O[Si](C)(C)C. The minimum absolute atomic E-state index is 0.434. The van der Waals surface area contributed by atoms with Gasteiger partial charge in [-0.1, -0.05) is 13.3 Å². The second kappa shape index (κ2) is 6.22. The lowest BCUT2D eigenvalue weighted by Gasteiger charge is -2.31. The standard InChI is InChI=1S/C13H28O4Si2/c1-9-10-13(2,11(14)16-18(3,4)5)12(15)17-19(6,7)8/h9-10H2,1-8H3. The molecular weight excluding hydrogens is 276 g/mol. The van der Waals surface area contributed by atoms with Crippen LogP contribution in [0.15, 0.2) is 0 Å². The average molecular weight is 305 g/mol. The first-order chi connectivity index (χ1) is 8.32. The Morgan fingerprint density at radius 3 is 1.42 bits per heavy atom. The Morgan fingerprint density at radius 2 is 1.21 bits per heavy atom. The van der Waals surface area contributed by atoms with Crippen molar-refractivity contribution in [2.24, 2.45) is 5.41 Å². The molecule has 0 saturated heterocycles. The van der Waals surface area contributed by atoms with Gasteiger partial charge in [-0.05, 0) is 52.6 Å². The highest BCUT2D eigenvalue weighted by molar-refractivity contribution is 6.72. The summed E-state index contributed by atoms with van der Waals surface area (Å²) in [4.78, 5) is 24.6. The molecule has 0 unspecified atom stereocenters. The van der Waals surface area contributed by atoms with Crippen LogP contribution in [0.2, 0.25) is 39.3 Å². The van der Waals surface area contributed by atoms with Gasteiger partial charge in [0.15, 0.2) is 5.41 Å². The van der Waals surface area contributed by atoms with Crippen molar-refractivity contribution in [3.63, 3.8) is 0 Å². The van der Waals surface area contributed by atoms with Crippen LogP contribution in [0.1, 0.15) is 26.7 Å². The average Bonchev–Trinajstić information content (AvgIpc) is 2.12. The van der Waals surface area contributed by atoms with Crippen molar-refractivity contribution in [3.8, 4) is 0 Å². The molecular formula is C13H28O4Si2. The number of carbonyl (C=O) groups excluding carboxylic acids is 2. The Morgan fingerprint density at radius 1 is 0.895 bits per heavy atom. The molecule has 0 spiro atoms. The van der Waals surface area contributed by atoms with Crippen molar-refractivity contribution < 1.29 is 18.4 Å². The van der Waals surface area contributed by atoms with Crippen LogP contribution < -0.4 is 0 Å². The van der Waals surface area contributed by atoms with Crippen LogP contribution in [0, 0.1) is 5.41 Å². The summed E-state index contributed by atoms with van der Waals surface area (Å²) in [7, 11) is -4.02. The van der Waals surface area contributed by atoms with E-state index in [0.717, 1.165) is 6.42 Å². The van der Waals surface area contributed by atoms with Crippen molar-refractivity contribution in [1.82, 2.24) is 0 Å². The number of hydrogen-bond acceptors (Lipinski definition) is 4. The quantitative estimate of drug-likeness (QED) is 0.556. The van der Waals surface area contributed by atoms with Gasteiger partial charge in [0.05, 0.1) is 0 Å². The van der Waals surface area contributed by atoms with Crippen LogP contribution in [0.4, 0.5) is 0 Å². The van der Waals surface area contributed by atoms with Gasteiger partial charge in [0.1, 0.15) is 0 Å².